The Kier molecular flexibility index (Phi) is 9.41. The van der Waals surface area contributed by atoms with Crippen LogP contribution in [0.15, 0.2) is 53.2 Å². The van der Waals surface area contributed by atoms with Crippen molar-refractivity contribution in [2.24, 2.45) is 0 Å². The molecule has 1 amide bonds. The van der Waals surface area contributed by atoms with E-state index in [2.05, 4.69) is 20.6 Å². The standard InChI is InChI=1S/C25H27N6O5PS.Na.H/c1-3-4-5-23-30(25(32)19-12-16(2)6-11-22(19)31(23)36-37(33,34)35)13-17-7-9-18(10-8-17)20-14-38-15-21(20)24-26-28-29-27-24;;/h6-12,14-15,23H,3-5,13H2,1-2H3,(H2,33,34,35)(H,26,27,28,29);;. The van der Waals surface area contributed by atoms with Crippen molar-refractivity contribution in [2.45, 2.75) is 45.8 Å². The Balaban J connectivity index is 0.00000353. The van der Waals surface area contributed by atoms with Crippen LogP contribution in [-0.4, -0.2) is 76.9 Å². The maximum absolute atomic E-state index is 13.7. The number of hydrogen-bond donors (Lipinski definition) is 3. The van der Waals surface area contributed by atoms with Crippen LogP contribution in [0.4, 0.5) is 5.69 Å². The number of phosphoric acid groups is 1. The van der Waals surface area contributed by atoms with E-state index in [1.54, 1.807) is 34.4 Å². The molecular weight excluding hydrogens is 550 g/mol. The number of hydrogen-bond acceptors (Lipinski definition) is 8. The first-order chi connectivity index (χ1) is 18.2. The molecule has 0 saturated heterocycles. The average Bonchev–Trinajstić information content (AvgIpc) is 3.58. The van der Waals surface area contributed by atoms with Gasteiger partial charge in [0.2, 0.25) is 0 Å². The fourth-order valence-electron chi connectivity index (χ4n) is 4.60. The van der Waals surface area contributed by atoms with Gasteiger partial charge in [0.05, 0.1) is 11.3 Å². The monoisotopic (exact) mass is 578 g/mol. The van der Waals surface area contributed by atoms with Crippen LogP contribution in [0.1, 0.15) is 47.7 Å². The van der Waals surface area contributed by atoms with Gasteiger partial charge in [-0.15, -0.1) is 5.10 Å². The van der Waals surface area contributed by atoms with Crippen LogP contribution >= 0.6 is 19.2 Å². The summed E-state index contributed by atoms with van der Waals surface area (Å²) in [5.41, 5.74) is 5.28. The number of nitrogens with one attached hydrogen (secondary N) is 1. The summed E-state index contributed by atoms with van der Waals surface area (Å²) in [4.78, 5) is 34.7. The molecule has 0 bridgehead atoms. The topological polar surface area (TPSA) is 145 Å². The van der Waals surface area contributed by atoms with E-state index in [4.69, 9.17) is 4.62 Å². The van der Waals surface area contributed by atoms with Crippen molar-refractivity contribution in [3.63, 3.8) is 0 Å². The van der Waals surface area contributed by atoms with Gasteiger partial charge in [-0.2, -0.15) is 16.0 Å². The number of carbonyl (C=O) groups is 1. The molecule has 1 aliphatic rings. The van der Waals surface area contributed by atoms with Crippen molar-refractivity contribution in [1.29, 1.82) is 0 Å². The second kappa shape index (κ2) is 12.4. The van der Waals surface area contributed by atoms with E-state index in [1.807, 2.05) is 48.9 Å². The number of aryl methyl sites for hydroxylation is 1. The molecule has 11 nitrogen and oxygen atoms in total. The quantitative estimate of drug-likeness (QED) is 0.196. The summed E-state index contributed by atoms with van der Waals surface area (Å²) < 4.78 is 17.1. The van der Waals surface area contributed by atoms with Gasteiger partial charge in [-0.25, -0.2) is 14.7 Å². The van der Waals surface area contributed by atoms with E-state index in [0.29, 0.717) is 23.5 Å². The normalized spacial score (nSPS) is 15.3. The van der Waals surface area contributed by atoms with Crippen molar-refractivity contribution in [3.8, 4) is 22.5 Å². The molecule has 0 radical (unpaired) electrons. The van der Waals surface area contributed by atoms with Crippen molar-refractivity contribution < 1.29 is 23.8 Å². The second-order valence-corrected chi connectivity index (χ2v) is 11.0. The first kappa shape index (κ1) is 29.6. The molecule has 4 aromatic rings. The Hall–Kier alpha value is -2.41. The molecule has 3 heterocycles. The number of aromatic nitrogens is 4. The zero-order chi connectivity index (χ0) is 26.9. The Labute approximate surface area is 251 Å². The van der Waals surface area contributed by atoms with E-state index in [0.717, 1.165) is 40.7 Å². The van der Waals surface area contributed by atoms with Gasteiger partial charge >= 0.3 is 37.4 Å². The van der Waals surface area contributed by atoms with Crippen LogP contribution in [-0.2, 0) is 15.7 Å². The molecule has 200 valence electrons. The number of fused-ring (bicyclic) bond motifs is 1. The van der Waals surface area contributed by atoms with Crippen molar-refractivity contribution in [3.05, 3.63) is 69.9 Å². The Morgan fingerprint density at radius 3 is 2.51 bits per heavy atom. The number of aromatic amines is 1. The van der Waals surface area contributed by atoms with Gasteiger partial charge in [-0.3, -0.25) is 4.79 Å². The van der Waals surface area contributed by atoms with Crippen LogP contribution in [0.25, 0.3) is 22.5 Å². The van der Waals surface area contributed by atoms with Crippen molar-refractivity contribution >= 4 is 60.3 Å². The summed E-state index contributed by atoms with van der Waals surface area (Å²) >= 11 is 1.55. The Morgan fingerprint density at radius 2 is 1.85 bits per heavy atom. The number of rotatable bonds is 9. The Morgan fingerprint density at radius 1 is 1.10 bits per heavy atom. The van der Waals surface area contributed by atoms with Gasteiger partial charge in [0.15, 0.2) is 5.82 Å². The van der Waals surface area contributed by atoms with E-state index < -0.39 is 14.0 Å². The number of anilines is 1. The first-order valence-corrected chi connectivity index (χ1v) is 14.6. The van der Waals surface area contributed by atoms with Gasteiger partial charge < -0.3 is 14.7 Å². The second-order valence-electron chi connectivity index (χ2n) is 9.12. The van der Waals surface area contributed by atoms with Gasteiger partial charge in [-0.1, -0.05) is 49.2 Å². The number of benzene rings is 2. The van der Waals surface area contributed by atoms with E-state index in [1.165, 1.54) is 5.06 Å². The SMILES string of the molecule is CCCCC1N(Cc2ccc(-c3cscc3-c3nnn[nH]3)cc2)C(=O)c2cc(C)ccc2N1OP(=O)(O)O.[NaH]. The number of tetrazole rings is 1. The van der Waals surface area contributed by atoms with E-state index in [-0.39, 0.29) is 42.0 Å². The van der Waals surface area contributed by atoms with Gasteiger partial charge in [0.25, 0.3) is 5.91 Å². The number of thiophene rings is 1. The predicted octanol–water partition coefficient (Wildman–Crippen LogP) is 4.26. The number of carbonyl (C=O) groups excluding carboxylic acids is 1. The molecule has 1 aliphatic heterocycles. The van der Waals surface area contributed by atoms with Crippen LogP contribution < -0.4 is 5.06 Å². The fraction of sp³-hybridized carbons (Fsp3) is 0.280. The van der Waals surface area contributed by atoms with Crippen LogP contribution in [0.3, 0.4) is 0 Å². The molecule has 2 aromatic heterocycles. The molecule has 0 fully saturated rings. The zero-order valence-corrected chi connectivity index (χ0v) is 22.5. The molecular formula is C25H28N6NaO5PS. The summed E-state index contributed by atoms with van der Waals surface area (Å²) in [6.07, 6.45) is 1.39. The first-order valence-electron chi connectivity index (χ1n) is 12.1. The van der Waals surface area contributed by atoms with Gasteiger partial charge in [0, 0.05) is 23.1 Å². The van der Waals surface area contributed by atoms with E-state index in [9.17, 15) is 19.1 Å². The summed E-state index contributed by atoms with van der Waals surface area (Å²) in [5.74, 6) is 0.375. The molecule has 0 aliphatic carbocycles. The molecule has 5 rings (SSSR count). The molecule has 14 heteroatoms. The third kappa shape index (κ3) is 6.50. The number of amides is 1. The summed E-state index contributed by atoms with van der Waals surface area (Å²) in [7, 11) is -4.89. The maximum atomic E-state index is 13.7. The van der Waals surface area contributed by atoms with Crippen molar-refractivity contribution in [2.75, 3.05) is 5.06 Å². The molecule has 0 spiro atoms. The fourth-order valence-corrected chi connectivity index (χ4v) is 5.87. The Bertz CT molecular complexity index is 1480. The van der Waals surface area contributed by atoms with Crippen LogP contribution in [0.2, 0.25) is 0 Å². The molecule has 0 saturated carbocycles. The van der Waals surface area contributed by atoms with E-state index >= 15 is 0 Å². The number of nitrogens with zero attached hydrogens (tertiary/aromatic N) is 5. The zero-order valence-electron chi connectivity index (χ0n) is 20.8. The third-order valence-electron chi connectivity index (χ3n) is 6.40. The molecule has 3 N–H and O–H groups in total. The van der Waals surface area contributed by atoms with Crippen molar-refractivity contribution in [1.82, 2.24) is 25.5 Å². The molecule has 1 unspecified atom stereocenters. The number of unbranched alkanes of at least 4 members (excludes halogenated alkanes) is 1. The third-order valence-corrected chi connectivity index (χ3v) is 7.53. The minimum absolute atomic E-state index is 0. The van der Waals surface area contributed by atoms with Gasteiger partial charge in [0.1, 0.15) is 6.17 Å². The molecule has 1 atom stereocenters. The van der Waals surface area contributed by atoms with Crippen LogP contribution in [0.5, 0.6) is 0 Å². The predicted molar refractivity (Wildman–Crippen MR) is 150 cm³/mol. The summed E-state index contributed by atoms with van der Waals surface area (Å²) in [6, 6.07) is 13.0. The number of H-pyrrole nitrogens is 1. The van der Waals surface area contributed by atoms with Gasteiger partial charge in [-0.05, 0) is 58.8 Å². The summed E-state index contributed by atoms with van der Waals surface area (Å²) in [6.45, 7) is 4.12. The summed E-state index contributed by atoms with van der Waals surface area (Å²) in [5, 5.41) is 19.3. The number of hydroxylamine groups is 1. The average molecular weight is 579 g/mol. The minimum atomic E-state index is -4.89. The molecule has 2 aromatic carbocycles. The molecule has 39 heavy (non-hydrogen) atoms. The van der Waals surface area contributed by atoms with Crippen LogP contribution in [0, 0.1) is 6.92 Å².